The van der Waals surface area contributed by atoms with E-state index in [1.807, 2.05) is 4.90 Å². The summed E-state index contributed by atoms with van der Waals surface area (Å²) in [6.45, 7) is 4.24. The second kappa shape index (κ2) is 4.64. The third-order valence-corrected chi connectivity index (χ3v) is 3.29. The van der Waals surface area contributed by atoms with E-state index in [2.05, 4.69) is 25.0 Å². The van der Waals surface area contributed by atoms with Crippen LogP contribution in [0, 0.1) is 6.20 Å². The van der Waals surface area contributed by atoms with Gasteiger partial charge in [-0.05, 0) is 45.2 Å². The first-order chi connectivity index (χ1) is 7.70. The minimum Gasteiger partial charge on any atom is -0.333 e. The fourth-order valence-corrected chi connectivity index (χ4v) is 2.42. The molecular formula is C13H17N2O. The number of pyridine rings is 1. The van der Waals surface area contributed by atoms with Gasteiger partial charge in [-0.25, -0.2) is 0 Å². The van der Waals surface area contributed by atoms with Crippen LogP contribution in [0.15, 0.2) is 18.3 Å². The molecule has 3 heteroatoms. The predicted octanol–water partition coefficient (Wildman–Crippen LogP) is 2.28. The highest BCUT2D eigenvalue weighted by atomic mass is 16.2. The minimum atomic E-state index is 0.0983. The molecule has 0 aliphatic carbocycles. The van der Waals surface area contributed by atoms with Gasteiger partial charge in [-0.15, -0.1) is 0 Å². The normalized spacial score (nSPS) is 25.5. The van der Waals surface area contributed by atoms with Gasteiger partial charge in [-0.2, -0.15) is 0 Å². The lowest BCUT2D eigenvalue weighted by Gasteiger charge is -2.39. The molecule has 1 amide bonds. The van der Waals surface area contributed by atoms with Crippen molar-refractivity contribution in [2.75, 3.05) is 0 Å². The van der Waals surface area contributed by atoms with Gasteiger partial charge in [0.1, 0.15) is 0 Å². The first-order valence-corrected chi connectivity index (χ1v) is 5.85. The van der Waals surface area contributed by atoms with Gasteiger partial charge < -0.3 is 4.90 Å². The van der Waals surface area contributed by atoms with Crippen molar-refractivity contribution in [1.29, 1.82) is 0 Å². The van der Waals surface area contributed by atoms with Gasteiger partial charge in [-0.3, -0.25) is 9.78 Å². The van der Waals surface area contributed by atoms with E-state index in [0.29, 0.717) is 17.6 Å². The molecule has 2 atom stereocenters. The van der Waals surface area contributed by atoms with Crippen molar-refractivity contribution in [2.24, 2.45) is 0 Å². The number of likely N-dealkylation sites (tertiary alicyclic amines) is 1. The van der Waals surface area contributed by atoms with Crippen LogP contribution in [-0.2, 0) is 0 Å². The fourth-order valence-electron chi connectivity index (χ4n) is 2.42. The van der Waals surface area contributed by atoms with Crippen molar-refractivity contribution >= 4 is 5.91 Å². The number of aromatic nitrogens is 1. The smallest absolute Gasteiger partial charge is 0.255 e. The van der Waals surface area contributed by atoms with Crippen LogP contribution < -0.4 is 0 Å². The summed E-state index contributed by atoms with van der Waals surface area (Å²) in [7, 11) is 0. The molecule has 0 spiro atoms. The highest BCUT2D eigenvalue weighted by molar-refractivity contribution is 5.94. The molecule has 0 N–H and O–H groups in total. The Morgan fingerprint density at radius 1 is 1.44 bits per heavy atom. The molecule has 0 saturated carbocycles. The van der Waals surface area contributed by atoms with Crippen LogP contribution in [0.4, 0.5) is 0 Å². The van der Waals surface area contributed by atoms with Crippen molar-refractivity contribution in [2.45, 2.75) is 45.2 Å². The molecule has 1 saturated heterocycles. The van der Waals surface area contributed by atoms with Gasteiger partial charge in [0, 0.05) is 18.3 Å². The van der Waals surface area contributed by atoms with Crippen LogP contribution in [-0.4, -0.2) is 27.9 Å². The van der Waals surface area contributed by atoms with Gasteiger partial charge in [0.15, 0.2) is 0 Å². The molecule has 2 rings (SSSR count). The summed E-state index contributed by atoms with van der Waals surface area (Å²) in [5, 5.41) is 0. The molecule has 1 radical (unpaired) electrons. The second-order valence-corrected chi connectivity index (χ2v) is 4.52. The van der Waals surface area contributed by atoms with Crippen molar-refractivity contribution in [3.8, 4) is 0 Å². The third-order valence-electron chi connectivity index (χ3n) is 3.29. The van der Waals surface area contributed by atoms with Crippen molar-refractivity contribution in [1.82, 2.24) is 9.88 Å². The summed E-state index contributed by atoms with van der Waals surface area (Å²) in [4.78, 5) is 18.2. The first kappa shape index (κ1) is 11.1. The van der Waals surface area contributed by atoms with Crippen LogP contribution in [0.2, 0.25) is 0 Å². The summed E-state index contributed by atoms with van der Waals surface area (Å²) in [5.74, 6) is 0.0983. The van der Waals surface area contributed by atoms with Crippen LogP contribution >= 0.6 is 0 Å². The van der Waals surface area contributed by atoms with Gasteiger partial charge in [0.25, 0.3) is 5.91 Å². The number of amides is 1. The van der Waals surface area contributed by atoms with Crippen LogP contribution in [0.3, 0.4) is 0 Å². The van der Waals surface area contributed by atoms with Crippen molar-refractivity contribution < 1.29 is 4.79 Å². The van der Waals surface area contributed by atoms with E-state index in [9.17, 15) is 4.79 Å². The van der Waals surface area contributed by atoms with Gasteiger partial charge in [0.05, 0.1) is 11.8 Å². The minimum absolute atomic E-state index is 0.0983. The highest BCUT2D eigenvalue weighted by Gasteiger charge is 2.29. The Labute approximate surface area is 96.5 Å². The number of hydrogen-bond acceptors (Lipinski definition) is 2. The van der Waals surface area contributed by atoms with Gasteiger partial charge >= 0.3 is 0 Å². The van der Waals surface area contributed by atoms with Crippen LogP contribution in [0.25, 0.3) is 0 Å². The van der Waals surface area contributed by atoms with E-state index in [1.165, 1.54) is 6.42 Å². The number of carbonyl (C=O) groups excluding carboxylic acids is 1. The topological polar surface area (TPSA) is 33.2 Å². The zero-order chi connectivity index (χ0) is 11.5. The van der Waals surface area contributed by atoms with E-state index in [1.54, 1.807) is 18.3 Å². The molecule has 16 heavy (non-hydrogen) atoms. The van der Waals surface area contributed by atoms with Gasteiger partial charge in [-0.1, -0.05) is 0 Å². The van der Waals surface area contributed by atoms with E-state index >= 15 is 0 Å². The lowest BCUT2D eigenvalue weighted by molar-refractivity contribution is 0.0510. The van der Waals surface area contributed by atoms with E-state index < -0.39 is 0 Å². The number of rotatable bonds is 1. The molecule has 0 unspecified atom stereocenters. The largest absolute Gasteiger partial charge is 0.333 e. The first-order valence-electron chi connectivity index (χ1n) is 5.85. The molecule has 85 valence electrons. The quantitative estimate of drug-likeness (QED) is 0.723. The van der Waals surface area contributed by atoms with Gasteiger partial charge in [0.2, 0.25) is 0 Å². The molecule has 1 fully saturated rings. The van der Waals surface area contributed by atoms with Crippen LogP contribution in [0.5, 0.6) is 0 Å². The fraction of sp³-hybridized carbons (Fsp3) is 0.538. The predicted molar refractivity (Wildman–Crippen MR) is 62.0 cm³/mol. The Hall–Kier alpha value is -1.38. The average Bonchev–Trinajstić information content (AvgIpc) is 2.30. The number of carbonyl (C=O) groups is 1. The summed E-state index contributed by atoms with van der Waals surface area (Å²) in [6, 6.07) is 4.14. The monoisotopic (exact) mass is 217 g/mol. The molecule has 1 aromatic rings. The molecule has 1 aromatic heterocycles. The van der Waals surface area contributed by atoms with E-state index in [0.717, 1.165) is 12.8 Å². The van der Waals surface area contributed by atoms with Crippen LogP contribution in [0.1, 0.15) is 43.5 Å². The Kier molecular flexibility index (Phi) is 3.22. The zero-order valence-corrected chi connectivity index (χ0v) is 9.81. The SMILES string of the molecule is C[C@H]1CCC[C@H](C)N1C(=O)c1cc[c]nc1. The molecule has 3 nitrogen and oxygen atoms in total. The Morgan fingerprint density at radius 3 is 2.69 bits per heavy atom. The summed E-state index contributed by atoms with van der Waals surface area (Å²) < 4.78 is 0. The maximum atomic E-state index is 12.3. The lowest BCUT2D eigenvalue weighted by atomic mass is 9.96. The second-order valence-electron chi connectivity index (χ2n) is 4.52. The Morgan fingerprint density at radius 2 is 2.12 bits per heavy atom. The van der Waals surface area contributed by atoms with Crippen molar-refractivity contribution in [3.63, 3.8) is 0 Å². The standard InChI is InChI=1S/C13H17N2O/c1-10-5-3-6-11(2)15(10)13(16)12-7-4-8-14-9-12/h4,7,9-11H,3,5-6H2,1-2H3/t10-,11-/m0/s1. The number of hydrogen-bond donors (Lipinski definition) is 0. The Balaban J connectivity index is 2.20. The number of nitrogens with zero attached hydrogens (tertiary/aromatic N) is 2. The summed E-state index contributed by atoms with van der Waals surface area (Å²) >= 11 is 0. The Bertz CT molecular complexity index is 353. The molecule has 1 aliphatic rings. The van der Waals surface area contributed by atoms with E-state index in [-0.39, 0.29) is 5.91 Å². The maximum absolute atomic E-state index is 12.3. The average molecular weight is 217 g/mol. The summed E-state index contributed by atoms with van der Waals surface area (Å²) in [6.07, 6.45) is 7.70. The van der Waals surface area contributed by atoms with E-state index in [4.69, 9.17) is 0 Å². The summed E-state index contributed by atoms with van der Waals surface area (Å²) in [5.41, 5.74) is 0.666. The molecular weight excluding hydrogens is 200 g/mol. The maximum Gasteiger partial charge on any atom is 0.255 e. The lowest BCUT2D eigenvalue weighted by Crippen LogP contribution is -2.47. The molecule has 1 aliphatic heterocycles. The molecule has 0 aromatic carbocycles. The highest BCUT2D eigenvalue weighted by Crippen LogP contribution is 2.24. The number of piperidine rings is 1. The molecule has 2 heterocycles. The van der Waals surface area contributed by atoms with Crippen molar-refractivity contribution in [3.05, 3.63) is 30.1 Å². The zero-order valence-electron chi connectivity index (χ0n) is 9.81. The molecule has 0 bridgehead atoms. The third kappa shape index (κ3) is 2.08.